The van der Waals surface area contributed by atoms with Gasteiger partial charge in [0.2, 0.25) is 5.90 Å². The van der Waals surface area contributed by atoms with Crippen molar-refractivity contribution in [1.82, 2.24) is 10.9 Å². The number of aliphatic hydroxyl groups is 1. The van der Waals surface area contributed by atoms with Gasteiger partial charge in [0.25, 0.3) is 5.91 Å². The van der Waals surface area contributed by atoms with Crippen molar-refractivity contribution < 1.29 is 19.4 Å². The van der Waals surface area contributed by atoms with Crippen molar-refractivity contribution in [3.8, 4) is 5.75 Å². The smallest absolute Gasteiger partial charge is 0.266 e. The number of azide groups is 1. The second-order valence-electron chi connectivity index (χ2n) is 11.0. The molecule has 4 aromatic carbocycles. The van der Waals surface area contributed by atoms with Crippen LogP contribution in [0.25, 0.3) is 10.4 Å². The number of nitrogens with zero attached hydrogens (tertiary/aromatic N) is 4. The molecule has 0 unspecified atom stereocenters. The summed E-state index contributed by atoms with van der Waals surface area (Å²) >= 11 is 0. The monoisotopic (exact) mass is 618 g/mol. The van der Waals surface area contributed by atoms with Crippen LogP contribution in [0.2, 0.25) is 0 Å². The number of aliphatic hydroxyl groups excluding tert-OH is 1. The van der Waals surface area contributed by atoms with Crippen molar-refractivity contribution >= 4 is 11.8 Å². The Morgan fingerprint density at radius 1 is 0.935 bits per heavy atom. The molecule has 0 fully saturated rings. The molecule has 46 heavy (non-hydrogen) atoms. The number of amides is 1. The van der Waals surface area contributed by atoms with E-state index in [9.17, 15) is 4.79 Å². The number of benzene rings is 4. The molecule has 3 N–H and O–H groups in total. The average Bonchev–Trinajstić information content (AvgIpc) is 3.48. The molecule has 1 aliphatic heterocycles. The Bertz CT molecular complexity index is 1640. The molecule has 0 aromatic heterocycles. The van der Waals surface area contributed by atoms with Gasteiger partial charge in [0.15, 0.2) is 11.6 Å². The van der Waals surface area contributed by atoms with Gasteiger partial charge in [-0.25, -0.2) is 10.4 Å². The predicted molar refractivity (Wildman–Crippen MR) is 177 cm³/mol. The maximum atomic E-state index is 14.4. The highest BCUT2D eigenvalue weighted by atomic mass is 16.5. The molecular formula is C36H38N6O4. The van der Waals surface area contributed by atoms with Crippen LogP contribution in [-0.2, 0) is 28.9 Å². The lowest BCUT2D eigenvalue weighted by Gasteiger charge is -2.31. The van der Waals surface area contributed by atoms with Crippen LogP contribution in [0.4, 0.5) is 0 Å². The molecule has 0 aliphatic carbocycles. The van der Waals surface area contributed by atoms with E-state index in [0.29, 0.717) is 42.3 Å². The highest BCUT2D eigenvalue weighted by molar-refractivity contribution is 6.01. The Labute approximate surface area is 268 Å². The summed E-state index contributed by atoms with van der Waals surface area (Å²) in [7, 11) is 0. The SMILES string of the molecule is [N-]=[N+]=NCc1ccccc1[C@@H]1OC(c2ccc(OCCCO)cc2)=N[C@]1(Cc1ccccc1)C(=O)NNCCCc1ccccc1. The van der Waals surface area contributed by atoms with Crippen molar-refractivity contribution in [3.63, 3.8) is 0 Å². The van der Waals surface area contributed by atoms with E-state index in [1.54, 1.807) is 0 Å². The molecule has 0 spiro atoms. The van der Waals surface area contributed by atoms with Gasteiger partial charge in [-0.05, 0) is 64.9 Å². The van der Waals surface area contributed by atoms with E-state index in [1.807, 2.05) is 97.1 Å². The van der Waals surface area contributed by atoms with E-state index in [4.69, 9.17) is 25.1 Å². The van der Waals surface area contributed by atoms with E-state index >= 15 is 0 Å². The molecule has 1 heterocycles. The fourth-order valence-corrected chi connectivity index (χ4v) is 5.48. The van der Waals surface area contributed by atoms with E-state index in [0.717, 1.165) is 24.0 Å². The number of rotatable bonds is 16. The normalized spacial score (nSPS) is 17.0. The molecule has 10 nitrogen and oxygen atoms in total. The van der Waals surface area contributed by atoms with Gasteiger partial charge in [0.05, 0.1) is 13.2 Å². The minimum atomic E-state index is -1.40. The summed E-state index contributed by atoms with van der Waals surface area (Å²) in [5.41, 5.74) is 18.0. The highest BCUT2D eigenvalue weighted by Gasteiger charge is 2.53. The summed E-state index contributed by atoms with van der Waals surface area (Å²) in [5.74, 6) is 0.638. The first-order valence-corrected chi connectivity index (χ1v) is 15.4. The van der Waals surface area contributed by atoms with Gasteiger partial charge in [-0.1, -0.05) is 90.0 Å². The average molecular weight is 619 g/mol. The van der Waals surface area contributed by atoms with Crippen LogP contribution in [0.1, 0.15) is 46.8 Å². The van der Waals surface area contributed by atoms with Crippen LogP contribution in [0, 0.1) is 0 Å². The number of nitrogens with one attached hydrogen (secondary N) is 2. The third-order valence-electron chi connectivity index (χ3n) is 7.80. The summed E-state index contributed by atoms with van der Waals surface area (Å²) in [6, 6.07) is 34.8. The van der Waals surface area contributed by atoms with E-state index in [1.165, 1.54) is 5.56 Å². The van der Waals surface area contributed by atoms with Crippen LogP contribution in [0.5, 0.6) is 5.75 Å². The number of aryl methyl sites for hydroxylation is 1. The standard InChI is InChI=1S/C36H38N6O4/c37-42-39-26-30-16-7-8-17-32(30)33-36(25-28-13-5-2-6-14-28,35(44)41-38-22-9-15-27-11-3-1-4-12-27)40-34(46-33)29-18-20-31(21-19-29)45-24-10-23-43/h1-8,11-14,16-21,33,38,43H,9-10,15,22-26H2,(H,41,44)/t33-,36-/m0/s1. The lowest BCUT2D eigenvalue weighted by molar-refractivity contribution is -0.130. The summed E-state index contributed by atoms with van der Waals surface area (Å²) in [6.07, 6.45) is 1.68. The molecule has 236 valence electrons. The van der Waals surface area contributed by atoms with Crippen LogP contribution in [0.15, 0.2) is 119 Å². The minimum Gasteiger partial charge on any atom is -0.494 e. The van der Waals surface area contributed by atoms with Crippen LogP contribution in [-0.4, -0.2) is 42.2 Å². The molecule has 4 aromatic rings. The number of ether oxygens (including phenoxy) is 2. The number of carbonyl (C=O) groups is 1. The summed E-state index contributed by atoms with van der Waals surface area (Å²) < 4.78 is 12.3. The fraction of sp³-hybridized carbons (Fsp3) is 0.278. The van der Waals surface area contributed by atoms with Gasteiger partial charge >= 0.3 is 0 Å². The second-order valence-corrected chi connectivity index (χ2v) is 11.0. The minimum absolute atomic E-state index is 0.0543. The fourth-order valence-electron chi connectivity index (χ4n) is 5.48. The Kier molecular flexibility index (Phi) is 11.4. The molecule has 2 atom stereocenters. The molecular weight excluding hydrogens is 580 g/mol. The lowest BCUT2D eigenvalue weighted by atomic mass is 9.81. The topological polar surface area (TPSA) is 141 Å². The third-order valence-corrected chi connectivity index (χ3v) is 7.80. The van der Waals surface area contributed by atoms with Gasteiger partial charge in [-0.3, -0.25) is 10.2 Å². The van der Waals surface area contributed by atoms with Crippen molar-refractivity contribution in [1.29, 1.82) is 0 Å². The highest BCUT2D eigenvalue weighted by Crippen LogP contribution is 2.43. The maximum Gasteiger partial charge on any atom is 0.266 e. The Hall–Kier alpha value is -5.15. The van der Waals surface area contributed by atoms with Crippen LogP contribution < -0.4 is 15.6 Å². The Morgan fingerprint density at radius 2 is 1.63 bits per heavy atom. The van der Waals surface area contributed by atoms with Crippen molar-refractivity contribution in [3.05, 3.63) is 147 Å². The quantitative estimate of drug-likeness (QED) is 0.0464. The van der Waals surface area contributed by atoms with E-state index in [-0.39, 0.29) is 25.5 Å². The number of carbonyl (C=O) groups excluding carboxylic acids is 1. The van der Waals surface area contributed by atoms with Crippen molar-refractivity contribution in [2.24, 2.45) is 10.1 Å². The molecule has 5 rings (SSSR count). The Morgan fingerprint density at radius 3 is 2.35 bits per heavy atom. The maximum absolute atomic E-state index is 14.4. The van der Waals surface area contributed by atoms with Crippen molar-refractivity contribution in [2.75, 3.05) is 19.8 Å². The molecule has 0 radical (unpaired) electrons. The largest absolute Gasteiger partial charge is 0.494 e. The zero-order valence-electron chi connectivity index (χ0n) is 25.6. The van der Waals surface area contributed by atoms with Gasteiger partial charge in [-0.2, -0.15) is 0 Å². The molecule has 0 saturated carbocycles. The van der Waals surface area contributed by atoms with Gasteiger partial charge in [0.1, 0.15) is 5.75 Å². The summed E-state index contributed by atoms with van der Waals surface area (Å²) in [5, 5.41) is 12.9. The zero-order chi connectivity index (χ0) is 32.0. The van der Waals surface area contributed by atoms with Crippen molar-refractivity contribution in [2.45, 2.75) is 43.9 Å². The Balaban J connectivity index is 1.48. The number of hydrazine groups is 1. The van der Waals surface area contributed by atoms with E-state index < -0.39 is 11.6 Å². The first kappa shape index (κ1) is 32.2. The van der Waals surface area contributed by atoms with Crippen LogP contribution >= 0.6 is 0 Å². The zero-order valence-corrected chi connectivity index (χ0v) is 25.6. The molecule has 1 amide bonds. The number of aliphatic imine (C=N–C) groups is 1. The van der Waals surface area contributed by atoms with Gasteiger partial charge in [0, 0.05) is 36.5 Å². The first-order chi connectivity index (χ1) is 22.6. The number of hydrogen-bond donors (Lipinski definition) is 3. The lowest BCUT2D eigenvalue weighted by Crippen LogP contribution is -2.54. The molecule has 10 heteroatoms. The predicted octanol–water partition coefficient (Wildman–Crippen LogP) is 6.01. The first-order valence-electron chi connectivity index (χ1n) is 15.4. The second kappa shape index (κ2) is 16.2. The number of hydrogen-bond acceptors (Lipinski definition) is 7. The van der Waals surface area contributed by atoms with Gasteiger partial charge < -0.3 is 14.6 Å². The van der Waals surface area contributed by atoms with Gasteiger partial charge in [-0.15, -0.1) is 0 Å². The summed E-state index contributed by atoms with van der Waals surface area (Å²) in [4.78, 5) is 22.4. The summed E-state index contributed by atoms with van der Waals surface area (Å²) in [6.45, 7) is 1.12. The molecule has 1 aliphatic rings. The van der Waals surface area contributed by atoms with Crippen LogP contribution in [0.3, 0.4) is 0 Å². The third kappa shape index (κ3) is 8.11. The molecule has 0 saturated heterocycles. The van der Waals surface area contributed by atoms with E-state index in [2.05, 4.69) is 33.0 Å². The molecule has 0 bridgehead atoms.